The van der Waals surface area contributed by atoms with E-state index in [0.717, 1.165) is 28.6 Å². The molecule has 4 nitrogen and oxygen atoms in total. The van der Waals surface area contributed by atoms with Crippen molar-refractivity contribution in [3.63, 3.8) is 0 Å². The van der Waals surface area contributed by atoms with Gasteiger partial charge in [0.2, 0.25) is 5.78 Å². The molecule has 0 atom stereocenters. The van der Waals surface area contributed by atoms with E-state index in [1.165, 1.54) is 25.7 Å². The molecule has 0 aliphatic heterocycles. The number of Topliss-reactive ketones (excluding diaryl/α,β-unsaturated/α-hetero) is 1. The van der Waals surface area contributed by atoms with Crippen LogP contribution in [0.2, 0.25) is 0 Å². The average molecular weight is 472 g/mol. The Morgan fingerprint density at radius 1 is 0.794 bits per heavy atom. The molecule has 1 fully saturated rings. The van der Waals surface area contributed by atoms with Crippen LogP contribution in [-0.2, 0) is 4.84 Å². The maximum atomic E-state index is 13.3. The van der Waals surface area contributed by atoms with Gasteiger partial charge in [-0.05, 0) is 67.3 Å². The highest BCUT2D eigenvalue weighted by Crippen LogP contribution is 2.30. The van der Waals surface area contributed by atoms with E-state index in [2.05, 4.69) is 17.3 Å². The summed E-state index contributed by atoms with van der Waals surface area (Å²) < 4.78 is 0. The van der Waals surface area contributed by atoms with E-state index in [0.29, 0.717) is 23.3 Å². The lowest BCUT2D eigenvalue weighted by molar-refractivity contribution is 0.0514. The van der Waals surface area contributed by atoms with Gasteiger partial charge in [-0.25, -0.2) is 4.79 Å². The third kappa shape index (κ3) is 6.91. The number of hydrogen-bond donors (Lipinski definition) is 0. The second-order valence-corrected chi connectivity index (χ2v) is 9.74. The van der Waals surface area contributed by atoms with Gasteiger partial charge in [-0.1, -0.05) is 85.4 Å². The minimum absolute atomic E-state index is 0.191. The second kappa shape index (κ2) is 12.3. The first-order chi connectivity index (χ1) is 16.7. The molecule has 0 radical (unpaired) electrons. The summed E-state index contributed by atoms with van der Waals surface area (Å²) in [4.78, 5) is 33.0. The maximum Gasteiger partial charge on any atom is 0.365 e. The number of nitrogens with zero attached hydrogens (tertiary/aromatic N) is 1. The average Bonchev–Trinajstić information content (AvgIpc) is 3.41. The summed E-state index contributed by atoms with van der Waals surface area (Å²) in [6.45, 7) is 0. The fraction of sp³-hybridized carbons (Fsp3) is 0.276. The van der Waals surface area contributed by atoms with Crippen molar-refractivity contribution in [1.82, 2.24) is 0 Å². The molecule has 0 bridgehead atoms. The van der Waals surface area contributed by atoms with Gasteiger partial charge in [-0.3, -0.25) is 4.79 Å². The van der Waals surface area contributed by atoms with Gasteiger partial charge in [0, 0.05) is 15.4 Å². The number of oxime groups is 1. The summed E-state index contributed by atoms with van der Waals surface area (Å²) in [7, 11) is 0. The van der Waals surface area contributed by atoms with Gasteiger partial charge in [0.1, 0.15) is 5.71 Å². The minimum atomic E-state index is -0.559. The molecule has 1 aliphatic rings. The van der Waals surface area contributed by atoms with E-state index in [-0.39, 0.29) is 5.78 Å². The van der Waals surface area contributed by atoms with E-state index in [1.807, 2.05) is 48.5 Å². The van der Waals surface area contributed by atoms with Crippen LogP contribution in [0.15, 0.2) is 99.9 Å². The lowest BCUT2D eigenvalue weighted by Crippen LogP contribution is -2.16. The van der Waals surface area contributed by atoms with Gasteiger partial charge in [-0.15, -0.1) is 0 Å². The molecular formula is C29H29NO3S. The third-order valence-electron chi connectivity index (χ3n) is 6.11. The summed E-state index contributed by atoms with van der Waals surface area (Å²) in [5.74, 6) is -0.0163. The van der Waals surface area contributed by atoms with Gasteiger partial charge in [-0.2, -0.15) is 0 Å². The summed E-state index contributed by atoms with van der Waals surface area (Å²) >= 11 is 1.65. The Labute approximate surface area is 205 Å². The van der Waals surface area contributed by atoms with Crippen LogP contribution in [0.3, 0.4) is 0 Å². The highest BCUT2D eigenvalue weighted by molar-refractivity contribution is 7.99. The minimum Gasteiger partial charge on any atom is -0.312 e. The van der Waals surface area contributed by atoms with Crippen LogP contribution >= 0.6 is 11.8 Å². The van der Waals surface area contributed by atoms with Gasteiger partial charge in [0.15, 0.2) is 0 Å². The fourth-order valence-corrected chi connectivity index (χ4v) is 5.08. The molecule has 34 heavy (non-hydrogen) atoms. The lowest BCUT2D eigenvalue weighted by Gasteiger charge is -2.10. The highest BCUT2D eigenvalue weighted by Gasteiger charge is 2.19. The van der Waals surface area contributed by atoms with E-state index < -0.39 is 5.97 Å². The number of hydrogen-bond acceptors (Lipinski definition) is 5. The SMILES string of the molecule is O=C(O/N=C(\CCCC1CCCC1)C(=O)c1ccc(Sc2ccccc2)cc1)c1ccccc1. The molecular weight excluding hydrogens is 442 g/mol. The van der Waals surface area contributed by atoms with Crippen molar-refractivity contribution in [2.45, 2.75) is 54.7 Å². The standard InChI is InChI=1S/C29H29NO3S/c31-28(23-18-20-26(21-19-23)34-25-15-5-2-6-16-25)27(17-9-12-22-10-7-8-11-22)30-33-29(32)24-13-3-1-4-14-24/h1-6,13-16,18-22H,7-12,17H2/b30-27+. The maximum absolute atomic E-state index is 13.3. The quantitative estimate of drug-likeness (QED) is 0.132. The largest absolute Gasteiger partial charge is 0.365 e. The molecule has 0 spiro atoms. The van der Waals surface area contributed by atoms with E-state index >= 15 is 0 Å². The molecule has 0 amide bonds. The summed E-state index contributed by atoms with van der Waals surface area (Å²) in [6.07, 6.45) is 7.57. The molecule has 0 N–H and O–H groups in total. The van der Waals surface area contributed by atoms with Gasteiger partial charge in [0.25, 0.3) is 0 Å². The Balaban J connectivity index is 1.44. The molecule has 0 heterocycles. The third-order valence-corrected chi connectivity index (χ3v) is 7.12. The van der Waals surface area contributed by atoms with Crippen LogP contribution in [0.25, 0.3) is 0 Å². The summed E-state index contributed by atoms with van der Waals surface area (Å²) in [6, 6.07) is 26.3. The molecule has 174 valence electrons. The van der Waals surface area contributed by atoms with Gasteiger partial charge >= 0.3 is 5.97 Å². The van der Waals surface area contributed by atoms with Crippen LogP contribution in [0.5, 0.6) is 0 Å². The predicted molar refractivity (Wildman–Crippen MR) is 136 cm³/mol. The highest BCUT2D eigenvalue weighted by atomic mass is 32.2. The Morgan fingerprint density at radius 2 is 1.41 bits per heavy atom. The van der Waals surface area contributed by atoms with Crippen molar-refractivity contribution < 1.29 is 14.4 Å². The van der Waals surface area contributed by atoms with Crippen LogP contribution in [0.1, 0.15) is 65.7 Å². The number of carbonyl (C=O) groups excluding carboxylic acids is 2. The number of rotatable bonds is 10. The molecule has 4 rings (SSSR count). The first-order valence-electron chi connectivity index (χ1n) is 11.9. The Morgan fingerprint density at radius 3 is 2.09 bits per heavy atom. The zero-order valence-corrected chi connectivity index (χ0v) is 20.0. The van der Waals surface area contributed by atoms with E-state index in [1.54, 1.807) is 36.0 Å². The van der Waals surface area contributed by atoms with Crippen molar-refractivity contribution in [3.8, 4) is 0 Å². The van der Waals surface area contributed by atoms with Crippen molar-refractivity contribution >= 4 is 29.2 Å². The van der Waals surface area contributed by atoms with Crippen molar-refractivity contribution in [2.24, 2.45) is 11.1 Å². The Hall–Kier alpha value is -3.18. The molecule has 1 saturated carbocycles. The van der Waals surface area contributed by atoms with Gasteiger partial charge in [0.05, 0.1) is 5.56 Å². The van der Waals surface area contributed by atoms with Crippen molar-refractivity contribution in [1.29, 1.82) is 0 Å². The predicted octanol–water partition coefficient (Wildman–Crippen LogP) is 7.59. The van der Waals surface area contributed by atoms with Crippen molar-refractivity contribution in [3.05, 3.63) is 96.1 Å². The molecule has 1 aliphatic carbocycles. The zero-order valence-electron chi connectivity index (χ0n) is 19.2. The number of ketones is 1. The molecule has 3 aromatic rings. The molecule has 0 saturated heterocycles. The van der Waals surface area contributed by atoms with E-state index in [9.17, 15) is 9.59 Å². The fourth-order valence-electron chi connectivity index (χ4n) is 4.25. The zero-order chi connectivity index (χ0) is 23.6. The topological polar surface area (TPSA) is 55.7 Å². The number of benzene rings is 3. The molecule has 5 heteroatoms. The van der Waals surface area contributed by atoms with Crippen molar-refractivity contribution in [2.75, 3.05) is 0 Å². The Kier molecular flexibility index (Phi) is 8.69. The molecule has 0 unspecified atom stereocenters. The Bertz CT molecular complexity index is 1110. The first-order valence-corrected chi connectivity index (χ1v) is 12.7. The van der Waals surface area contributed by atoms with Gasteiger partial charge < -0.3 is 4.84 Å². The second-order valence-electron chi connectivity index (χ2n) is 8.59. The first kappa shape index (κ1) is 24.0. The smallest absolute Gasteiger partial charge is 0.312 e. The lowest BCUT2D eigenvalue weighted by atomic mass is 9.97. The molecule has 0 aromatic heterocycles. The summed E-state index contributed by atoms with van der Waals surface area (Å²) in [5, 5.41) is 4.04. The monoisotopic (exact) mass is 471 g/mol. The number of carbonyl (C=O) groups is 2. The van der Waals surface area contributed by atoms with E-state index in [4.69, 9.17) is 4.84 Å². The molecule has 3 aromatic carbocycles. The van der Waals surface area contributed by atoms with Crippen LogP contribution in [-0.4, -0.2) is 17.5 Å². The van der Waals surface area contributed by atoms with Crippen LogP contribution < -0.4 is 0 Å². The van der Waals surface area contributed by atoms with Crippen LogP contribution in [0, 0.1) is 5.92 Å². The summed E-state index contributed by atoms with van der Waals surface area (Å²) in [5.41, 5.74) is 1.25. The van der Waals surface area contributed by atoms with Crippen LogP contribution in [0.4, 0.5) is 0 Å². The normalized spacial score (nSPS) is 14.2.